The van der Waals surface area contributed by atoms with E-state index in [1.165, 1.54) is 11.1 Å². The molecular formula is C26H18N2. The van der Waals surface area contributed by atoms with Gasteiger partial charge < -0.3 is 0 Å². The van der Waals surface area contributed by atoms with Crippen LogP contribution >= 0.6 is 0 Å². The van der Waals surface area contributed by atoms with Crippen LogP contribution in [0.4, 0.5) is 0 Å². The summed E-state index contributed by atoms with van der Waals surface area (Å²) in [7, 11) is 0. The summed E-state index contributed by atoms with van der Waals surface area (Å²) < 4.78 is 0. The van der Waals surface area contributed by atoms with Crippen LogP contribution in [0.5, 0.6) is 0 Å². The number of hydrogen-bond acceptors (Lipinski definition) is 2. The SMILES string of the molecule is Cc1cc(-c2c#cccc2)c2ccc3c(-c4ccccc4)cc(C)nc3c2n1. The predicted octanol–water partition coefficient (Wildman–Crippen LogP) is 6.33. The summed E-state index contributed by atoms with van der Waals surface area (Å²) >= 11 is 0. The number of hydrogen-bond donors (Lipinski definition) is 0. The Hall–Kier alpha value is -3.70. The van der Waals surface area contributed by atoms with Gasteiger partial charge in [0.15, 0.2) is 0 Å². The molecule has 0 amide bonds. The van der Waals surface area contributed by atoms with Gasteiger partial charge in [-0.1, -0.05) is 60.7 Å². The van der Waals surface area contributed by atoms with Crippen molar-refractivity contribution in [2.75, 3.05) is 0 Å². The lowest BCUT2D eigenvalue weighted by molar-refractivity contribution is 1.23. The molecule has 0 aliphatic rings. The molecule has 0 saturated heterocycles. The number of benzene rings is 2. The van der Waals surface area contributed by atoms with Crippen LogP contribution < -0.4 is 0 Å². The van der Waals surface area contributed by atoms with Gasteiger partial charge in [-0.05, 0) is 49.2 Å². The van der Waals surface area contributed by atoms with Crippen molar-refractivity contribution >= 4 is 21.8 Å². The second kappa shape index (κ2) is 6.48. The lowest BCUT2D eigenvalue weighted by Crippen LogP contribution is -1.94. The van der Waals surface area contributed by atoms with Crippen LogP contribution in [-0.4, -0.2) is 9.97 Å². The summed E-state index contributed by atoms with van der Waals surface area (Å²) in [5, 5.41) is 2.21. The van der Waals surface area contributed by atoms with Gasteiger partial charge in [0.1, 0.15) is 0 Å². The summed E-state index contributed by atoms with van der Waals surface area (Å²) in [6.07, 6.45) is 0. The summed E-state index contributed by atoms with van der Waals surface area (Å²) in [4.78, 5) is 9.76. The minimum absolute atomic E-state index is 0.936. The summed E-state index contributed by atoms with van der Waals surface area (Å²) in [5.74, 6) is 0. The Morgan fingerprint density at radius 2 is 1.32 bits per heavy atom. The van der Waals surface area contributed by atoms with Gasteiger partial charge in [-0.15, -0.1) is 0 Å². The quantitative estimate of drug-likeness (QED) is 0.344. The van der Waals surface area contributed by atoms with Crippen LogP contribution in [0, 0.1) is 26.0 Å². The maximum Gasteiger partial charge on any atom is 0.0974 e. The average molecular weight is 358 g/mol. The first kappa shape index (κ1) is 16.5. The van der Waals surface area contributed by atoms with Gasteiger partial charge in [0, 0.05) is 33.3 Å². The molecule has 2 aromatic heterocycles. The molecule has 0 fully saturated rings. The first-order valence-corrected chi connectivity index (χ1v) is 9.36. The first-order chi connectivity index (χ1) is 13.7. The van der Waals surface area contributed by atoms with E-state index in [2.05, 4.69) is 66.7 Å². The highest BCUT2D eigenvalue weighted by molar-refractivity contribution is 6.11. The summed E-state index contributed by atoms with van der Waals surface area (Å²) in [6.45, 7) is 4.07. The molecular weight excluding hydrogens is 340 g/mol. The van der Waals surface area contributed by atoms with Crippen LogP contribution in [0.2, 0.25) is 0 Å². The first-order valence-electron chi connectivity index (χ1n) is 9.36. The zero-order chi connectivity index (χ0) is 19.1. The molecule has 132 valence electrons. The average Bonchev–Trinajstić information content (AvgIpc) is 2.74. The van der Waals surface area contributed by atoms with Crippen LogP contribution in [0.1, 0.15) is 11.4 Å². The maximum absolute atomic E-state index is 4.89. The molecule has 2 nitrogen and oxygen atoms in total. The molecule has 2 heterocycles. The molecule has 2 heteroatoms. The normalized spacial score (nSPS) is 10.9. The van der Waals surface area contributed by atoms with Gasteiger partial charge in [-0.3, -0.25) is 9.97 Å². The van der Waals surface area contributed by atoms with Crippen molar-refractivity contribution in [3.8, 4) is 22.3 Å². The fraction of sp³-hybridized carbons (Fsp3) is 0.0769. The minimum Gasteiger partial charge on any atom is -0.251 e. The molecule has 28 heavy (non-hydrogen) atoms. The van der Waals surface area contributed by atoms with Gasteiger partial charge in [-0.25, -0.2) is 0 Å². The van der Waals surface area contributed by atoms with Crippen molar-refractivity contribution in [2.45, 2.75) is 13.8 Å². The molecule has 0 saturated carbocycles. The molecule has 0 radical (unpaired) electrons. The molecule has 5 aromatic rings. The van der Waals surface area contributed by atoms with Crippen molar-refractivity contribution < 1.29 is 0 Å². The molecule has 0 aliphatic carbocycles. The number of fused-ring (bicyclic) bond motifs is 3. The molecule has 0 atom stereocenters. The monoisotopic (exact) mass is 358 g/mol. The highest BCUT2D eigenvalue weighted by Gasteiger charge is 2.14. The Bertz CT molecular complexity index is 1200. The molecule has 0 N–H and O–H groups in total. The van der Waals surface area contributed by atoms with Gasteiger partial charge in [-0.2, -0.15) is 0 Å². The maximum atomic E-state index is 4.89. The Balaban J connectivity index is 1.89. The van der Waals surface area contributed by atoms with Crippen LogP contribution in [0.15, 0.2) is 72.8 Å². The van der Waals surface area contributed by atoms with E-state index >= 15 is 0 Å². The van der Waals surface area contributed by atoms with E-state index in [0.717, 1.165) is 44.3 Å². The van der Waals surface area contributed by atoms with E-state index in [1.807, 2.05) is 32.0 Å². The van der Waals surface area contributed by atoms with Crippen molar-refractivity contribution in [2.24, 2.45) is 0 Å². The summed E-state index contributed by atoms with van der Waals surface area (Å²) in [6, 6.07) is 31.3. The van der Waals surface area contributed by atoms with E-state index in [9.17, 15) is 0 Å². The lowest BCUT2D eigenvalue weighted by Gasteiger charge is -2.13. The standard InChI is InChI=1S/C26H18N2/c1-17-15-23(19-9-5-3-6-10-19)21-13-14-22-24(20-11-7-4-8-12-20)16-18(2)28-26(22)25(21)27-17/h3-7,9-11,13-16H,1-2H3. The molecule has 0 unspecified atom stereocenters. The van der Waals surface area contributed by atoms with Crippen molar-refractivity contribution in [3.05, 3.63) is 96.3 Å². The fourth-order valence-corrected chi connectivity index (χ4v) is 3.82. The summed E-state index contributed by atoms with van der Waals surface area (Å²) in [5.41, 5.74) is 8.36. The van der Waals surface area contributed by atoms with E-state index in [-0.39, 0.29) is 0 Å². The van der Waals surface area contributed by atoms with E-state index < -0.39 is 0 Å². The van der Waals surface area contributed by atoms with E-state index in [4.69, 9.17) is 9.97 Å². The van der Waals surface area contributed by atoms with Crippen molar-refractivity contribution in [1.82, 2.24) is 9.97 Å². The van der Waals surface area contributed by atoms with Crippen LogP contribution in [-0.2, 0) is 0 Å². The highest BCUT2D eigenvalue weighted by atomic mass is 14.8. The lowest BCUT2D eigenvalue weighted by atomic mass is 9.96. The largest absolute Gasteiger partial charge is 0.251 e. The highest BCUT2D eigenvalue weighted by Crippen LogP contribution is 2.35. The Morgan fingerprint density at radius 1 is 0.679 bits per heavy atom. The number of pyridine rings is 2. The molecule has 0 aliphatic heterocycles. The Kier molecular flexibility index (Phi) is 3.81. The second-order valence-electron chi connectivity index (χ2n) is 7.06. The van der Waals surface area contributed by atoms with Crippen molar-refractivity contribution in [1.29, 1.82) is 0 Å². The fourth-order valence-electron chi connectivity index (χ4n) is 3.82. The molecule has 5 rings (SSSR count). The van der Waals surface area contributed by atoms with Crippen molar-refractivity contribution in [3.63, 3.8) is 0 Å². The third-order valence-corrected chi connectivity index (χ3v) is 5.04. The minimum atomic E-state index is 0.936. The topological polar surface area (TPSA) is 25.8 Å². The number of aromatic nitrogens is 2. The molecule has 3 aromatic carbocycles. The Morgan fingerprint density at radius 3 is 1.96 bits per heavy atom. The zero-order valence-electron chi connectivity index (χ0n) is 15.8. The Labute approximate surface area is 164 Å². The number of nitrogens with zero attached hydrogens (tertiary/aromatic N) is 2. The number of rotatable bonds is 2. The van der Waals surface area contributed by atoms with Gasteiger partial charge in [0.2, 0.25) is 0 Å². The van der Waals surface area contributed by atoms with Gasteiger partial charge in [0.05, 0.1) is 11.0 Å². The van der Waals surface area contributed by atoms with Gasteiger partial charge >= 0.3 is 0 Å². The predicted molar refractivity (Wildman–Crippen MR) is 115 cm³/mol. The smallest absolute Gasteiger partial charge is 0.0974 e. The molecule has 0 bridgehead atoms. The van der Waals surface area contributed by atoms with Gasteiger partial charge in [0.25, 0.3) is 0 Å². The zero-order valence-corrected chi connectivity index (χ0v) is 15.8. The number of aryl methyl sites for hydroxylation is 2. The third-order valence-electron chi connectivity index (χ3n) is 5.04. The van der Waals surface area contributed by atoms with E-state index in [0.29, 0.717) is 0 Å². The second-order valence-corrected chi connectivity index (χ2v) is 7.06. The van der Waals surface area contributed by atoms with E-state index in [1.54, 1.807) is 0 Å². The van der Waals surface area contributed by atoms with Crippen LogP contribution in [0.25, 0.3) is 44.1 Å². The molecule has 0 spiro atoms. The third kappa shape index (κ3) is 2.69. The van der Waals surface area contributed by atoms with Crippen LogP contribution in [0.3, 0.4) is 0 Å².